The zero-order valence-corrected chi connectivity index (χ0v) is 8.64. The lowest BCUT2D eigenvalue weighted by Crippen LogP contribution is -1.98. The molecule has 0 bridgehead atoms. The van der Waals surface area contributed by atoms with Gasteiger partial charge in [-0.3, -0.25) is 4.79 Å². The van der Waals surface area contributed by atoms with E-state index < -0.39 is 0 Å². The Kier molecular flexibility index (Phi) is 3.81. The molecule has 0 N–H and O–H groups in total. The maximum atomic E-state index is 12.9. The molecule has 0 aromatic heterocycles. The lowest BCUT2D eigenvalue weighted by Gasteiger charge is -2.02. The predicted molar refractivity (Wildman–Crippen MR) is 54.8 cm³/mol. The molecular formula is C12H15FO. The number of aryl methyl sites for hydroxylation is 2. The van der Waals surface area contributed by atoms with E-state index in [4.69, 9.17) is 0 Å². The fourth-order valence-electron chi connectivity index (χ4n) is 1.42. The molecule has 0 atom stereocenters. The highest BCUT2D eigenvalue weighted by Gasteiger charge is 2.01. The fourth-order valence-corrected chi connectivity index (χ4v) is 1.42. The molecule has 0 aliphatic carbocycles. The van der Waals surface area contributed by atoms with Crippen LogP contribution in [0.3, 0.4) is 0 Å². The molecule has 0 amide bonds. The Labute approximate surface area is 83.9 Å². The van der Waals surface area contributed by atoms with Crippen molar-refractivity contribution in [1.82, 2.24) is 0 Å². The average molecular weight is 194 g/mol. The van der Waals surface area contributed by atoms with Gasteiger partial charge in [-0.1, -0.05) is 13.0 Å². The predicted octanol–water partition coefficient (Wildman–Crippen LogP) is 3.05. The Morgan fingerprint density at radius 1 is 1.36 bits per heavy atom. The van der Waals surface area contributed by atoms with Gasteiger partial charge in [-0.15, -0.1) is 0 Å². The number of ketones is 1. The summed E-state index contributed by atoms with van der Waals surface area (Å²) in [5.41, 5.74) is 1.81. The van der Waals surface area contributed by atoms with E-state index in [1.807, 2.05) is 19.9 Å². The minimum absolute atomic E-state index is 0.219. The van der Waals surface area contributed by atoms with E-state index in [0.717, 1.165) is 11.1 Å². The lowest BCUT2D eigenvalue weighted by atomic mass is 10.0. The first-order chi connectivity index (χ1) is 6.61. The van der Waals surface area contributed by atoms with Crippen LogP contribution in [0, 0.1) is 12.7 Å². The molecule has 1 aromatic rings. The minimum atomic E-state index is -0.219. The van der Waals surface area contributed by atoms with E-state index in [2.05, 4.69) is 0 Å². The van der Waals surface area contributed by atoms with E-state index in [0.29, 0.717) is 19.3 Å². The Hall–Kier alpha value is -1.18. The molecule has 0 aliphatic heterocycles. The summed E-state index contributed by atoms with van der Waals surface area (Å²) in [6.07, 6.45) is 1.72. The van der Waals surface area contributed by atoms with Crippen LogP contribution in [0.2, 0.25) is 0 Å². The van der Waals surface area contributed by atoms with Crippen molar-refractivity contribution in [2.75, 3.05) is 0 Å². The number of benzene rings is 1. The van der Waals surface area contributed by atoms with E-state index in [1.165, 1.54) is 12.1 Å². The van der Waals surface area contributed by atoms with Gasteiger partial charge in [0.1, 0.15) is 11.6 Å². The van der Waals surface area contributed by atoms with Crippen LogP contribution in [0.5, 0.6) is 0 Å². The molecule has 0 saturated heterocycles. The summed E-state index contributed by atoms with van der Waals surface area (Å²) in [6.45, 7) is 3.70. The number of carbonyl (C=O) groups excluding carboxylic acids is 1. The Bertz CT molecular complexity index is 311. The first-order valence-electron chi connectivity index (χ1n) is 4.89. The van der Waals surface area contributed by atoms with Crippen molar-refractivity contribution in [1.29, 1.82) is 0 Å². The van der Waals surface area contributed by atoms with Crippen molar-refractivity contribution in [2.45, 2.75) is 33.1 Å². The van der Waals surface area contributed by atoms with E-state index in [9.17, 15) is 9.18 Å². The largest absolute Gasteiger partial charge is 0.300 e. The highest BCUT2D eigenvalue weighted by atomic mass is 19.1. The van der Waals surface area contributed by atoms with E-state index in [1.54, 1.807) is 0 Å². The maximum absolute atomic E-state index is 12.9. The van der Waals surface area contributed by atoms with Crippen molar-refractivity contribution in [3.05, 3.63) is 35.1 Å². The smallest absolute Gasteiger partial charge is 0.132 e. The zero-order chi connectivity index (χ0) is 10.6. The average Bonchev–Trinajstić information content (AvgIpc) is 2.12. The first kappa shape index (κ1) is 10.9. The Balaban J connectivity index is 2.63. The number of hydrogen-bond acceptors (Lipinski definition) is 1. The van der Waals surface area contributed by atoms with Gasteiger partial charge < -0.3 is 0 Å². The first-order valence-corrected chi connectivity index (χ1v) is 4.89. The molecule has 0 heterocycles. The van der Waals surface area contributed by atoms with Crippen LogP contribution in [0.25, 0.3) is 0 Å². The van der Waals surface area contributed by atoms with Crippen LogP contribution in [0.4, 0.5) is 4.39 Å². The monoisotopic (exact) mass is 194 g/mol. The van der Waals surface area contributed by atoms with E-state index >= 15 is 0 Å². The van der Waals surface area contributed by atoms with Gasteiger partial charge in [0.05, 0.1) is 0 Å². The molecular weight excluding hydrogens is 179 g/mol. The van der Waals surface area contributed by atoms with Gasteiger partial charge in [0, 0.05) is 12.8 Å². The molecule has 0 aliphatic rings. The molecule has 0 saturated carbocycles. The van der Waals surface area contributed by atoms with Crippen molar-refractivity contribution in [2.24, 2.45) is 0 Å². The highest BCUT2D eigenvalue weighted by Crippen LogP contribution is 2.10. The van der Waals surface area contributed by atoms with Crippen molar-refractivity contribution >= 4 is 5.78 Å². The van der Waals surface area contributed by atoms with Crippen LogP contribution in [-0.4, -0.2) is 5.78 Å². The van der Waals surface area contributed by atoms with Gasteiger partial charge in [-0.2, -0.15) is 0 Å². The number of Topliss-reactive ketones (excluding diaryl/α,β-unsaturated/α-hetero) is 1. The van der Waals surface area contributed by atoms with Gasteiger partial charge in [0.25, 0.3) is 0 Å². The third-order valence-corrected chi connectivity index (χ3v) is 2.19. The quantitative estimate of drug-likeness (QED) is 0.720. The van der Waals surface area contributed by atoms with Crippen molar-refractivity contribution in [3.63, 3.8) is 0 Å². The van der Waals surface area contributed by atoms with Gasteiger partial charge in [-0.25, -0.2) is 4.39 Å². The summed E-state index contributed by atoms with van der Waals surface area (Å²) >= 11 is 0. The lowest BCUT2D eigenvalue weighted by molar-refractivity contribution is -0.118. The van der Waals surface area contributed by atoms with Crippen LogP contribution in [0.15, 0.2) is 18.2 Å². The topological polar surface area (TPSA) is 17.1 Å². The van der Waals surface area contributed by atoms with Crippen molar-refractivity contribution < 1.29 is 9.18 Å². The molecule has 2 heteroatoms. The number of hydrogen-bond donors (Lipinski definition) is 0. The molecule has 0 spiro atoms. The summed E-state index contributed by atoms with van der Waals surface area (Å²) in [4.78, 5) is 11.1. The van der Waals surface area contributed by atoms with Crippen LogP contribution < -0.4 is 0 Å². The molecule has 0 unspecified atom stereocenters. The summed E-state index contributed by atoms with van der Waals surface area (Å²) in [5.74, 6) is 0.0101. The normalized spacial score (nSPS) is 10.2. The number of halogens is 1. The van der Waals surface area contributed by atoms with Crippen LogP contribution in [0.1, 0.15) is 30.9 Å². The van der Waals surface area contributed by atoms with Crippen molar-refractivity contribution in [3.8, 4) is 0 Å². The molecule has 76 valence electrons. The fraction of sp³-hybridized carbons (Fsp3) is 0.417. The molecule has 1 rings (SSSR count). The van der Waals surface area contributed by atoms with E-state index in [-0.39, 0.29) is 11.6 Å². The Morgan fingerprint density at radius 2 is 2.07 bits per heavy atom. The molecule has 0 fully saturated rings. The van der Waals surface area contributed by atoms with Gasteiger partial charge in [0.15, 0.2) is 0 Å². The summed E-state index contributed by atoms with van der Waals surface area (Å²) < 4.78 is 12.9. The summed E-state index contributed by atoms with van der Waals surface area (Å²) in [5, 5.41) is 0. The maximum Gasteiger partial charge on any atom is 0.132 e. The third-order valence-electron chi connectivity index (χ3n) is 2.19. The van der Waals surface area contributed by atoms with Crippen LogP contribution in [-0.2, 0) is 11.2 Å². The van der Waals surface area contributed by atoms with Gasteiger partial charge in [-0.05, 0) is 36.6 Å². The molecule has 14 heavy (non-hydrogen) atoms. The second-order valence-corrected chi connectivity index (χ2v) is 3.53. The number of rotatable bonds is 4. The second kappa shape index (κ2) is 4.89. The zero-order valence-electron chi connectivity index (χ0n) is 8.64. The molecule has 1 aromatic carbocycles. The molecule has 1 nitrogen and oxygen atoms in total. The standard InChI is InChI=1S/C12H15FO/c1-3-12(14)5-4-10-6-9(2)7-11(13)8-10/h6-8H,3-5H2,1-2H3. The van der Waals surface area contributed by atoms with Gasteiger partial charge in [0.2, 0.25) is 0 Å². The molecule has 0 radical (unpaired) electrons. The van der Waals surface area contributed by atoms with Crippen LogP contribution >= 0.6 is 0 Å². The third kappa shape index (κ3) is 3.29. The number of carbonyl (C=O) groups is 1. The summed E-state index contributed by atoms with van der Waals surface area (Å²) in [7, 11) is 0. The SMILES string of the molecule is CCC(=O)CCc1cc(C)cc(F)c1. The van der Waals surface area contributed by atoms with Gasteiger partial charge >= 0.3 is 0 Å². The summed E-state index contributed by atoms with van der Waals surface area (Å²) in [6, 6.07) is 4.91. The highest BCUT2D eigenvalue weighted by molar-refractivity contribution is 5.78. The second-order valence-electron chi connectivity index (χ2n) is 3.53. The minimum Gasteiger partial charge on any atom is -0.300 e. The Morgan fingerprint density at radius 3 is 2.64 bits per heavy atom.